The molecule has 4 aromatic rings. The van der Waals surface area contributed by atoms with Crippen LogP contribution in [0.5, 0.6) is 0 Å². The summed E-state index contributed by atoms with van der Waals surface area (Å²) in [6.45, 7) is 1.40. The molecule has 0 aliphatic carbocycles. The van der Waals surface area contributed by atoms with Gasteiger partial charge in [0.1, 0.15) is 11.5 Å². The second-order valence-corrected chi connectivity index (χ2v) is 7.90. The molecular formula is C24H23FN4O. The first-order valence-corrected chi connectivity index (χ1v) is 10.3. The lowest BCUT2D eigenvalue weighted by molar-refractivity contribution is 0.0702. The molecule has 0 spiro atoms. The summed E-state index contributed by atoms with van der Waals surface area (Å²) in [5.74, 6) is 0.147. The van der Waals surface area contributed by atoms with E-state index in [1.165, 1.54) is 17.7 Å². The number of nitrogens with one attached hydrogen (secondary N) is 1. The fourth-order valence-corrected chi connectivity index (χ4v) is 4.43. The van der Waals surface area contributed by atoms with Crippen molar-refractivity contribution in [3.05, 3.63) is 77.9 Å². The quantitative estimate of drug-likeness (QED) is 0.539. The summed E-state index contributed by atoms with van der Waals surface area (Å²) in [5.41, 5.74) is 4.45. The van der Waals surface area contributed by atoms with Crippen LogP contribution in [0.2, 0.25) is 0 Å². The minimum absolute atomic E-state index is 0.0200. The number of fused-ring (bicyclic) bond motifs is 1. The molecule has 3 heterocycles. The standard InChI is InChI=1S/C24H23FN4O/c1-28-23(14-21(27-28)17-5-3-2-4-6-17)24(30)29-11-9-16(10-12-29)20-15-26-22-13-18(25)7-8-19(20)22/h2-8,13-16,26H,9-12H2,1H3. The number of H-pyrrole nitrogens is 1. The summed E-state index contributed by atoms with van der Waals surface area (Å²) in [6, 6.07) is 16.6. The summed E-state index contributed by atoms with van der Waals surface area (Å²) in [6.07, 6.45) is 3.76. The van der Waals surface area contributed by atoms with E-state index in [9.17, 15) is 9.18 Å². The SMILES string of the molecule is Cn1nc(-c2ccccc2)cc1C(=O)N1CCC(c2c[nH]c3cc(F)ccc23)CC1. The van der Waals surface area contributed by atoms with E-state index in [2.05, 4.69) is 10.1 Å². The van der Waals surface area contributed by atoms with Gasteiger partial charge in [0.2, 0.25) is 0 Å². The van der Waals surface area contributed by atoms with E-state index >= 15 is 0 Å². The normalized spacial score (nSPS) is 15.1. The molecule has 2 aromatic heterocycles. The summed E-state index contributed by atoms with van der Waals surface area (Å²) in [7, 11) is 1.82. The van der Waals surface area contributed by atoms with E-state index in [4.69, 9.17) is 0 Å². The van der Waals surface area contributed by atoms with Crippen LogP contribution >= 0.6 is 0 Å². The third-order valence-electron chi connectivity index (χ3n) is 6.07. The van der Waals surface area contributed by atoms with E-state index in [1.807, 2.05) is 60.6 Å². The molecular weight excluding hydrogens is 379 g/mol. The number of aromatic amines is 1. The number of nitrogens with zero attached hydrogens (tertiary/aromatic N) is 3. The molecule has 1 aliphatic heterocycles. The van der Waals surface area contributed by atoms with E-state index in [0.29, 0.717) is 24.7 Å². The van der Waals surface area contributed by atoms with Crippen LogP contribution in [0.1, 0.15) is 34.8 Å². The number of rotatable bonds is 3. The Hall–Kier alpha value is -3.41. The molecule has 1 aliphatic rings. The van der Waals surface area contributed by atoms with Gasteiger partial charge < -0.3 is 9.88 Å². The van der Waals surface area contributed by atoms with Crippen LogP contribution in [0.15, 0.2) is 60.8 Å². The van der Waals surface area contributed by atoms with Gasteiger partial charge in [0.05, 0.1) is 5.69 Å². The van der Waals surface area contributed by atoms with Crippen molar-refractivity contribution in [1.29, 1.82) is 0 Å². The second kappa shape index (κ2) is 7.44. The van der Waals surface area contributed by atoms with Crippen LogP contribution in [0.3, 0.4) is 0 Å². The lowest BCUT2D eigenvalue weighted by Crippen LogP contribution is -2.38. The Bertz CT molecular complexity index is 1200. The highest BCUT2D eigenvalue weighted by atomic mass is 19.1. The van der Waals surface area contributed by atoms with E-state index in [-0.39, 0.29) is 11.7 Å². The molecule has 30 heavy (non-hydrogen) atoms. The number of likely N-dealkylation sites (tertiary alicyclic amines) is 1. The zero-order valence-corrected chi connectivity index (χ0v) is 16.8. The van der Waals surface area contributed by atoms with Gasteiger partial charge in [-0.25, -0.2) is 4.39 Å². The molecule has 2 aromatic carbocycles. The highest BCUT2D eigenvalue weighted by Crippen LogP contribution is 2.34. The highest BCUT2D eigenvalue weighted by molar-refractivity contribution is 5.94. The first kappa shape index (κ1) is 18.6. The minimum atomic E-state index is -0.234. The Labute approximate surface area is 174 Å². The number of aromatic nitrogens is 3. The number of aryl methyl sites for hydroxylation is 1. The van der Waals surface area contributed by atoms with Crippen molar-refractivity contribution in [2.75, 3.05) is 13.1 Å². The average Bonchev–Trinajstić information content (AvgIpc) is 3.37. The van der Waals surface area contributed by atoms with Crippen molar-refractivity contribution in [3.8, 4) is 11.3 Å². The van der Waals surface area contributed by atoms with Crippen LogP contribution in [-0.2, 0) is 7.05 Å². The van der Waals surface area contributed by atoms with Gasteiger partial charge in [0, 0.05) is 42.8 Å². The Morgan fingerprint density at radius 3 is 2.63 bits per heavy atom. The minimum Gasteiger partial charge on any atom is -0.361 e. The van der Waals surface area contributed by atoms with Crippen molar-refractivity contribution in [1.82, 2.24) is 19.7 Å². The van der Waals surface area contributed by atoms with Crippen molar-refractivity contribution < 1.29 is 9.18 Å². The number of benzene rings is 2. The number of hydrogen-bond acceptors (Lipinski definition) is 2. The molecule has 0 atom stereocenters. The van der Waals surface area contributed by atoms with Crippen LogP contribution in [0, 0.1) is 5.82 Å². The molecule has 152 valence electrons. The molecule has 1 amide bonds. The zero-order chi connectivity index (χ0) is 20.7. The van der Waals surface area contributed by atoms with Gasteiger partial charge in [-0.2, -0.15) is 5.10 Å². The van der Waals surface area contributed by atoms with Gasteiger partial charge in [0.25, 0.3) is 5.91 Å². The molecule has 0 radical (unpaired) electrons. The maximum Gasteiger partial charge on any atom is 0.272 e. The fourth-order valence-electron chi connectivity index (χ4n) is 4.43. The summed E-state index contributed by atoms with van der Waals surface area (Å²) < 4.78 is 15.1. The van der Waals surface area contributed by atoms with Crippen LogP contribution < -0.4 is 0 Å². The smallest absolute Gasteiger partial charge is 0.272 e. The van der Waals surface area contributed by atoms with Gasteiger partial charge in [-0.15, -0.1) is 0 Å². The lowest BCUT2D eigenvalue weighted by Gasteiger charge is -2.32. The monoisotopic (exact) mass is 402 g/mol. The van der Waals surface area contributed by atoms with Crippen molar-refractivity contribution in [2.24, 2.45) is 7.05 Å². The van der Waals surface area contributed by atoms with Gasteiger partial charge in [0.15, 0.2) is 0 Å². The number of carbonyl (C=O) groups excluding carboxylic acids is 1. The number of amides is 1. The molecule has 0 unspecified atom stereocenters. The van der Waals surface area contributed by atoms with E-state index in [1.54, 1.807) is 4.68 Å². The van der Waals surface area contributed by atoms with Gasteiger partial charge in [-0.1, -0.05) is 30.3 Å². The Kier molecular flexibility index (Phi) is 4.62. The van der Waals surface area contributed by atoms with Crippen molar-refractivity contribution >= 4 is 16.8 Å². The van der Waals surface area contributed by atoms with E-state index in [0.717, 1.165) is 35.0 Å². The second-order valence-electron chi connectivity index (χ2n) is 7.90. The average molecular weight is 402 g/mol. The van der Waals surface area contributed by atoms with Crippen LogP contribution in [0.25, 0.3) is 22.2 Å². The molecule has 1 fully saturated rings. The van der Waals surface area contributed by atoms with Gasteiger partial charge in [-0.3, -0.25) is 9.48 Å². The Morgan fingerprint density at radius 1 is 1.10 bits per heavy atom. The third-order valence-corrected chi connectivity index (χ3v) is 6.07. The van der Waals surface area contributed by atoms with Crippen molar-refractivity contribution in [2.45, 2.75) is 18.8 Å². The molecule has 1 saturated heterocycles. The number of piperidine rings is 1. The molecule has 5 nitrogen and oxygen atoms in total. The first-order chi connectivity index (χ1) is 14.6. The van der Waals surface area contributed by atoms with Crippen LogP contribution in [-0.4, -0.2) is 38.7 Å². The molecule has 0 saturated carbocycles. The predicted molar refractivity (Wildman–Crippen MR) is 115 cm³/mol. The van der Waals surface area contributed by atoms with Gasteiger partial charge >= 0.3 is 0 Å². The zero-order valence-electron chi connectivity index (χ0n) is 16.8. The molecule has 5 rings (SSSR count). The summed E-state index contributed by atoms with van der Waals surface area (Å²) in [5, 5.41) is 5.60. The topological polar surface area (TPSA) is 53.9 Å². The molecule has 0 bridgehead atoms. The summed E-state index contributed by atoms with van der Waals surface area (Å²) >= 11 is 0. The number of hydrogen-bond donors (Lipinski definition) is 1. The first-order valence-electron chi connectivity index (χ1n) is 10.3. The number of halogens is 1. The van der Waals surface area contributed by atoms with Crippen LogP contribution in [0.4, 0.5) is 4.39 Å². The largest absolute Gasteiger partial charge is 0.361 e. The molecule has 1 N–H and O–H groups in total. The van der Waals surface area contributed by atoms with Crippen molar-refractivity contribution in [3.63, 3.8) is 0 Å². The van der Waals surface area contributed by atoms with E-state index < -0.39 is 0 Å². The Balaban J connectivity index is 1.31. The summed E-state index contributed by atoms with van der Waals surface area (Å²) in [4.78, 5) is 18.2. The maximum atomic E-state index is 13.5. The number of carbonyl (C=O) groups is 1. The third kappa shape index (κ3) is 3.28. The maximum absolute atomic E-state index is 13.5. The molecule has 6 heteroatoms. The highest BCUT2D eigenvalue weighted by Gasteiger charge is 2.28. The van der Waals surface area contributed by atoms with Gasteiger partial charge in [-0.05, 0) is 48.6 Å². The fraction of sp³-hybridized carbons (Fsp3) is 0.250. The lowest BCUT2D eigenvalue weighted by atomic mass is 9.89. The predicted octanol–water partition coefficient (Wildman–Crippen LogP) is 4.73. The Morgan fingerprint density at radius 2 is 1.87 bits per heavy atom.